The first-order valence-electron chi connectivity index (χ1n) is 7.56. The van der Waals surface area contributed by atoms with Crippen LogP contribution in [0.3, 0.4) is 0 Å². The number of hydrogen-bond donors (Lipinski definition) is 2. The van der Waals surface area contributed by atoms with Gasteiger partial charge >= 0.3 is 6.18 Å². The standard InChI is InChI=1S/C16H21F3N2O/c1-11(21-14-7-2-3-8-20-15(14)22)9-12-5-4-6-13(10-12)16(17,18)19/h4-6,10-11,14,21H,2-3,7-9H2,1H3,(H,20,22). The zero-order valence-electron chi connectivity index (χ0n) is 12.5. The van der Waals surface area contributed by atoms with Gasteiger partial charge in [-0.25, -0.2) is 0 Å². The smallest absolute Gasteiger partial charge is 0.355 e. The summed E-state index contributed by atoms with van der Waals surface area (Å²) in [6.07, 6.45) is -1.18. The van der Waals surface area contributed by atoms with Gasteiger partial charge in [0, 0.05) is 12.6 Å². The van der Waals surface area contributed by atoms with E-state index in [9.17, 15) is 18.0 Å². The molecule has 1 aliphatic rings. The van der Waals surface area contributed by atoms with E-state index in [-0.39, 0.29) is 18.0 Å². The highest BCUT2D eigenvalue weighted by molar-refractivity contribution is 5.81. The van der Waals surface area contributed by atoms with Crippen LogP contribution in [0.1, 0.15) is 37.3 Å². The van der Waals surface area contributed by atoms with Crippen LogP contribution in [-0.4, -0.2) is 24.5 Å². The lowest BCUT2D eigenvalue weighted by atomic mass is 10.0. The van der Waals surface area contributed by atoms with Gasteiger partial charge in [0.05, 0.1) is 11.6 Å². The fourth-order valence-electron chi connectivity index (χ4n) is 2.73. The second kappa shape index (κ2) is 7.13. The lowest BCUT2D eigenvalue weighted by Gasteiger charge is -2.21. The van der Waals surface area contributed by atoms with Gasteiger partial charge in [0.15, 0.2) is 0 Å². The van der Waals surface area contributed by atoms with Crippen molar-refractivity contribution in [1.29, 1.82) is 0 Å². The van der Waals surface area contributed by atoms with Crippen LogP contribution in [0.5, 0.6) is 0 Å². The van der Waals surface area contributed by atoms with E-state index in [0.717, 1.165) is 25.3 Å². The Kier molecular flexibility index (Phi) is 5.45. The van der Waals surface area contributed by atoms with Crippen molar-refractivity contribution in [2.75, 3.05) is 6.54 Å². The van der Waals surface area contributed by atoms with Gasteiger partial charge in [-0.05, 0) is 44.2 Å². The fraction of sp³-hybridized carbons (Fsp3) is 0.562. The van der Waals surface area contributed by atoms with E-state index < -0.39 is 11.7 Å². The molecule has 1 fully saturated rings. The Morgan fingerprint density at radius 1 is 1.36 bits per heavy atom. The second-order valence-electron chi connectivity index (χ2n) is 5.81. The molecule has 0 bridgehead atoms. The van der Waals surface area contributed by atoms with Crippen molar-refractivity contribution in [2.45, 2.75) is 50.9 Å². The zero-order chi connectivity index (χ0) is 16.2. The summed E-state index contributed by atoms with van der Waals surface area (Å²) < 4.78 is 38.1. The lowest BCUT2D eigenvalue weighted by molar-refractivity contribution is -0.137. The third-order valence-electron chi connectivity index (χ3n) is 3.82. The molecule has 0 aromatic heterocycles. The third-order valence-corrected chi connectivity index (χ3v) is 3.82. The predicted molar refractivity (Wildman–Crippen MR) is 78.4 cm³/mol. The molecule has 2 atom stereocenters. The molecule has 1 aromatic carbocycles. The molecule has 2 N–H and O–H groups in total. The maximum absolute atomic E-state index is 12.7. The van der Waals surface area contributed by atoms with Gasteiger partial charge in [-0.1, -0.05) is 18.2 Å². The minimum absolute atomic E-state index is 0.0200. The van der Waals surface area contributed by atoms with Crippen molar-refractivity contribution in [3.63, 3.8) is 0 Å². The quantitative estimate of drug-likeness (QED) is 0.897. The number of amides is 1. The van der Waals surface area contributed by atoms with Crippen molar-refractivity contribution < 1.29 is 18.0 Å². The summed E-state index contributed by atoms with van der Waals surface area (Å²) in [4.78, 5) is 11.9. The highest BCUT2D eigenvalue weighted by Gasteiger charge is 2.30. The van der Waals surface area contributed by atoms with Crippen molar-refractivity contribution in [1.82, 2.24) is 10.6 Å². The third kappa shape index (κ3) is 4.73. The van der Waals surface area contributed by atoms with E-state index in [1.807, 2.05) is 6.92 Å². The molecule has 0 radical (unpaired) electrons. The van der Waals surface area contributed by atoms with E-state index in [1.54, 1.807) is 6.07 Å². The number of carbonyl (C=O) groups is 1. The molecule has 1 aromatic rings. The SMILES string of the molecule is CC(Cc1cccc(C(F)(F)F)c1)NC1CCCCNC1=O. The first-order valence-corrected chi connectivity index (χ1v) is 7.56. The number of rotatable bonds is 4. The summed E-state index contributed by atoms with van der Waals surface area (Å²) in [5.74, 6) is -0.0200. The fourth-order valence-corrected chi connectivity index (χ4v) is 2.73. The maximum Gasteiger partial charge on any atom is 0.416 e. The van der Waals surface area contributed by atoms with Gasteiger partial charge in [-0.2, -0.15) is 13.2 Å². The van der Waals surface area contributed by atoms with Crippen LogP contribution in [0.15, 0.2) is 24.3 Å². The first kappa shape index (κ1) is 16.8. The maximum atomic E-state index is 12.7. The molecule has 122 valence electrons. The average molecular weight is 314 g/mol. The Balaban J connectivity index is 1.96. The van der Waals surface area contributed by atoms with E-state index in [1.165, 1.54) is 12.1 Å². The van der Waals surface area contributed by atoms with Gasteiger partial charge in [0.1, 0.15) is 0 Å². The summed E-state index contributed by atoms with van der Waals surface area (Å²) in [7, 11) is 0. The van der Waals surface area contributed by atoms with Gasteiger partial charge < -0.3 is 10.6 Å². The molecule has 0 aliphatic carbocycles. The van der Waals surface area contributed by atoms with Crippen LogP contribution < -0.4 is 10.6 Å². The Morgan fingerprint density at radius 3 is 2.86 bits per heavy atom. The van der Waals surface area contributed by atoms with Gasteiger partial charge in [-0.3, -0.25) is 4.79 Å². The van der Waals surface area contributed by atoms with Crippen LogP contribution in [-0.2, 0) is 17.4 Å². The van der Waals surface area contributed by atoms with Gasteiger partial charge in [0.2, 0.25) is 5.91 Å². The number of nitrogens with one attached hydrogen (secondary N) is 2. The number of hydrogen-bond acceptors (Lipinski definition) is 2. The molecular formula is C16H21F3N2O. The molecule has 2 rings (SSSR count). The second-order valence-corrected chi connectivity index (χ2v) is 5.81. The number of carbonyl (C=O) groups excluding carboxylic acids is 1. The Hall–Kier alpha value is -1.56. The Bertz CT molecular complexity index is 516. The van der Waals surface area contributed by atoms with E-state index in [4.69, 9.17) is 0 Å². The van der Waals surface area contributed by atoms with E-state index in [0.29, 0.717) is 18.5 Å². The van der Waals surface area contributed by atoms with Crippen LogP contribution in [0.2, 0.25) is 0 Å². The molecule has 1 amide bonds. The van der Waals surface area contributed by atoms with Crippen molar-refractivity contribution in [3.05, 3.63) is 35.4 Å². The highest BCUT2D eigenvalue weighted by Crippen LogP contribution is 2.29. The molecule has 6 heteroatoms. The molecule has 0 saturated carbocycles. The van der Waals surface area contributed by atoms with Crippen LogP contribution in [0.4, 0.5) is 13.2 Å². The summed E-state index contributed by atoms with van der Waals surface area (Å²) in [5, 5.41) is 6.06. The summed E-state index contributed by atoms with van der Waals surface area (Å²) in [6.45, 7) is 2.58. The molecule has 1 heterocycles. The Labute approximate surface area is 128 Å². The zero-order valence-corrected chi connectivity index (χ0v) is 12.5. The van der Waals surface area contributed by atoms with Crippen LogP contribution >= 0.6 is 0 Å². The minimum atomic E-state index is -4.33. The van der Waals surface area contributed by atoms with Crippen LogP contribution in [0.25, 0.3) is 0 Å². The number of halogens is 3. The Morgan fingerprint density at radius 2 is 2.14 bits per heavy atom. The molecular weight excluding hydrogens is 293 g/mol. The van der Waals surface area contributed by atoms with Crippen molar-refractivity contribution >= 4 is 5.91 Å². The molecule has 3 nitrogen and oxygen atoms in total. The summed E-state index contributed by atoms with van der Waals surface area (Å²) in [5.41, 5.74) is -0.0201. The van der Waals surface area contributed by atoms with Crippen molar-refractivity contribution in [2.24, 2.45) is 0 Å². The normalized spacial score (nSPS) is 21.1. The largest absolute Gasteiger partial charge is 0.416 e. The van der Waals surface area contributed by atoms with E-state index in [2.05, 4.69) is 10.6 Å². The summed E-state index contributed by atoms with van der Waals surface area (Å²) in [6, 6.07) is 5.01. The molecule has 0 spiro atoms. The summed E-state index contributed by atoms with van der Waals surface area (Å²) >= 11 is 0. The molecule has 22 heavy (non-hydrogen) atoms. The molecule has 1 saturated heterocycles. The van der Waals surface area contributed by atoms with Gasteiger partial charge in [-0.15, -0.1) is 0 Å². The van der Waals surface area contributed by atoms with E-state index >= 15 is 0 Å². The highest BCUT2D eigenvalue weighted by atomic mass is 19.4. The lowest BCUT2D eigenvalue weighted by Crippen LogP contribution is -2.47. The minimum Gasteiger partial charge on any atom is -0.355 e. The molecule has 1 aliphatic heterocycles. The van der Waals surface area contributed by atoms with Crippen molar-refractivity contribution in [3.8, 4) is 0 Å². The predicted octanol–water partition coefficient (Wildman–Crippen LogP) is 2.89. The van der Waals surface area contributed by atoms with Crippen LogP contribution in [0, 0.1) is 0 Å². The monoisotopic (exact) mass is 314 g/mol. The number of benzene rings is 1. The molecule has 2 unspecified atom stereocenters. The average Bonchev–Trinajstić information content (AvgIpc) is 2.63. The number of alkyl halides is 3. The first-order chi connectivity index (χ1) is 10.4. The topological polar surface area (TPSA) is 41.1 Å². The van der Waals surface area contributed by atoms with Gasteiger partial charge in [0.25, 0.3) is 0 Å².